The third kappa shape index (κ3) is 2.77. The molecule has 0 saturated carbocycles. The van der Waals surface area contributed by atoms with Crippen LogP contribution < -0.4 is 5.73 Å². The Hall–Kier alpha value is -1.24. The van der Waals surface area contributed by atoms with Crippen LogP contribution >= 0.6 is 15.9 Å². The van der Waals surface area contributed by atoms with Crippen molar-refractivity contribution < 1.29 is 0 Å². The third-order valence-electron chi connectivity index (χ3n) is 3.73. The van der Waals surface area contributed by atoms with Crippen LogP contribution in [0.5, 0.6) is 0 Å². The summed E-state index contributed by atoms with van der Waals surface area (Å²) in [6.45, 7) is 4.88. The first-order valence-electron chi connectivity index (χ1n) is 6.78. The van der Waals surface area contributed by atoms with Crippen molar-refractivity contribution >= 4 is 15.9 Å². The molecule has 20 heavy (non-hydrogen) atoms. The smallest absolute Gasteiger partial charge is 0.100 e. The Bertz CT molecular complexity index is 609. The number of nitrogens with zero attached hydrogens (tertiary/aromatic N) is 4. The predicted octanol–water partition coefficient (Wildman–Crippen LogP) is 1.87. The molecule has 1 aromatic carbocycles. The lowest BCUT2D eigenvalue weighted by Gasteiger charge is -2.13. The fourth-order valence-corrected chi connectivity index (χ4v) is 2.96. The van der Waals surface area contributed by atoms with Crippen LogP contribution in [0, 0.1) is 6.92 Å². The average molecular weight is 336 g/mol. The lowest BCUT2D eigenvalue weighted by atomic mass is 10.3. The van der Waals surface area contributed by atoms with Gasteiger partial charge in [0.1, 0.15) is 5.69 Å². The first-order valence-corrected chi connectivity index (χ1v) is 7.58. The van der Waals surface area contributed by atoms with E-state index in [1.165, 1.54) is 0 Å². The third-order valence-corrected chi connectivity index (χ3v) is 4.22. The number of halogens is 1. The molecule has 6 heteroatoms. The molecule has 1 saturated heterocycles. The maximum Gasteiger partial charge on any atom is 0.100 e. The van der Waals surface area contributed by atoms with Gasteiger partial charge in [-0.1, -0.05) is 27.2 Å². The van der Waals surface area contributed by atoms with E-state index >= 15 is 0 Å². The molecule has 106 valence electrons. The molecule has 2 heterocycles. The minimum absolute atomic E-state index is 0.301. The molecular weight excluding hydrogens is 318 g/mol. The predicted molar refractivity (Wildman–Crippen MR) is 81.7 cm³/mol. The Balaban J connectivity index is 1.82. The highest BCUT2D eigenvalue weighted by atomic mass is 79.9. The molecule has 1 aliphatic heterocycles. The molecule has 2 aromatic rings. The molecule has 1 atom stereocenters. The van der Waals surface area contributed by atoms with Crippen LogP contribution in [0.3, 0.4) is 0 Å². The SMILES string of the molecule is Cc1c(CN2CCC(N)C2)nnn1-c1cccc(Br)c1. The van der Waals surface area contributed by atoms with Gasteiger partial charge >= 0.3 is 0 Å². The number of aromatic nitrogens is 3. The zero-order valence-corrected chi connectivity index (χ0v) is 13.0. The van der Waals surface area contributed by atoms with Crippen LogP contribution in [-0.4, -0.2) is 39.0 Å². The molecule has 0 spiro atoms. The second-order valence-corrected chi connectivity index (χ2v) is 6.21. The van der Waals surface area contributed by atoms with Gasteiger partial charge in [-0.3, -0.25) is 4.90 Å². The van der Waals surface area contributed by atoms with E-state index in [4.69, 9.17) is 5.73 Å². The molecule has 2 N–H and O–H groups in total. The number of hydrogen-bond donors (Lipinski definition) is 1. The van der Waals surface area contributed by atoms with Crippen LogP contribution in [0.4, 0.5) is 0 Å². The Morgan fingerprint density at radius 3 is 3.00 bits per heavy atom. The highest BCUT2D eigenvalue weighted by Gasteiger charge is 2.21. The first-order chi connectivity index (χ1) is 9.63. The van der Waals surface area contributed by atoms with Crippen molar-refractivity contribution in [2.24, 2.45) is 5.73 Å². The summed E-state index contributed by atoms with van der Waals surface area (Å²) >= 11 is 3.48. The molecular formula is C14H18BrN5. The Kier molecular flexibility index (Phi) is 3.87. The number of benzene rings is 1. The number of likely N-dealkylation sites (tertiary alicyclic amines) is 1. The van der Waals surface area contributed by atoms with Gasteiger partial charge in [-0.05, 0) is 31.5 Å². The Morgan fingerprint density at radius 1 is 1.45 bits per heavy atom. The van der Waals surface area contributed by atoms with Gasteiger partial charge in [-0.25, -0.2) is 4.68 Å². The standard InChI is InChI=1S/C14H18BrN5/c1-10-14(9-19-6-5-12(16)8-19)17-18-20(10)13-4-2-3-11(15)7-13/h2-4,7,12H,5-6,8-9,16H2,1H3. The fourth-order valence-electron chi connectivity index (χ4n) is 2.58. The van der Waals surface area contributed by atoms with E-state index in [0.29, 0.717) is 6.04 Å². The summed E-state index contributed by atoms with van der Waals surface area (Å²) in [5, 5.41) is 8.60. The van der Waals surface area contributed by atoms with Gasteiger partial charge in [0.05, 0.1) is 11.4 Å². The summed E-state index contributed by atoms with van der Waals surface area (Å²) in [5.41, 5.74) is 9.08. The highest BCUT2D eigenvalue weighted by molar-refractivity contribution is 9.10. The molecule has 1 aromatic heterocycles. The zero-order valence-electron chi connectivity index (χ0n) is 11.5. The van der Waals surface area contributed by atoms with Crippen molar-refractivity contribution in [2.75, 3.05) is 13.1 Å². The summed E-state index contributed by atoms with van der Waals surface area (Å²) in [6, 6.07) is 8.37. The zero-order chi connectivity index (χ0) is 14.1. The van der Waals surface area contributed by atoms with Crippen LogP contribution in [0.2, 0.25) is 0 Å². The van der Waals surface area contributed by atoms with Crippen molar-refractivity contribution in [3.63, 3.8) is 0 Å². The van der Waals surface area contributed by atoms with Gasteiger partial charge in [0.15, 0.2) is 0 Å². The Labute approximate surface area is 126 Å². The first kappa shape index (κ1) is 13.7. The van der Waals surface area contributed by atoms with Crippen LogP contribution in [0.1, 0.15) is 17.8 Å². The summed E-state index contributed by atoms with van der Waals surface area (Å²) in [5.74, 6) is 0. The van der Waals surface area contributed by atoms with E-state index in [-0.39, 0.29) is 0 Å². The summed E-state index contributed by atoms with van der Waals surface area (Å²) in [6.07, 6.45) is 1.07. The van der Waals surface area contributed by atoms with E-state index in [0.717, 1.165) is 47.6 Å². The van der Waals surface area contributed by atoms with Crippen LogP contribution in [0.15, 0.2) is 28.7 Å². The lowest BCUT2D eigenvalue weighted by Crippen LogP contribution is -2.26. The quantitative estimate of drug-likeness (QED) is 0.930. The largest absolute Gasteiger partial charge is 0.326 e. The van der Waals surface area contributed by atoms with E-state index in [1.54, 1.807) is 0 Å². The topological polar surface area (TPSA) is 60.0 Å². The minimum Gasteiger partial charge on any atom is -0.326 e. The van der Waals surface area contributed by atoms with Crippen molar-refractivity contribution in [3.8, 4) is 5.69 Å². The normalized spacial score (nSPS) is 19.6. The van der Waals surface area contributed by atoms with Crippen LogP contribution in [0.25, 0.3) is 5.69 Å². The summed E-state index contributed by atoms with van der Waals surface area (Å²) < 4.78 is 2.92. The van der Waals surface area contributed by atoms with Gasteiger partial charge in [0, 0.05) is 30.1 Å². The molecule has 3 rings (SSSR count). The van der Waals surface area contributed by atoms with Crippen molar-refractivity contribution in [1.29, 1.82) is 0 Å². The minimum atomic E-state index is 0.301. The molecule has 1 fully saturated rings. The summed E-state index contributed by atoms with van der Waals surface area (Å²) in [7, 11) is 0. The van der Waals surface area contributed by atoms with Crippen molar-refractivity contribution in [1.82, 2.24) is 19.9 Å². The lowest BCUT2D eigenvalue weighted by molar-refractivity contribution is 0.322. The highest BCUT2D eigenvalue weighted by Crippen LogP contribution is 2.19. The van der Waals surface area contributed by atoms with Crippen molar-refractivity contribution in [3.05, 3.63) is 40.1 Å². The van der Waals surface area contributed by atoms with Gasteiger partial charge in [0.2, 0.25) is 0 Å². The molecule has 0 amide bonds. The Morgan fingerprint density at radius 2 is 2.30 bits per heavy atom. The maximum atomic E-state index is 5.94. The molecule has 0 bridgehead atoms. The fraction of sp³-hybridized carbons (Fsp3) is 0.429. The maximum absolute atomic E-state index is 5.94. The second kappa shape index (κ2) is 5.63. The number of rotatable bonds is 3. The van der Waals surface area contributed by atoms with Gasteiger partial charge in [0.25, 0.3) is 0 Å². The summed E-state index contributed by atoms with van der Waals surface area (Å²) in [4.78, 5) is 2.34. The number of nitrogens with two attached hydrogens (primary N) is 1. The van der Waals surface area contributed by atoms with E-state index in [1.807, 2.05) is 28.9 Å². The van der Waals surface area contributed by atoms with E-state index in [9.17, 15) is 0 Å². The molecule has 0 radical (unpaired) electrons. The van der Waals surface area contributed by atoms with Crippen molar-refractivity contribution in [2.45, 2.75) is 25.9 Å². The molecule has 1 aliphatic rings. The molecule has 1 unspecified atom stereocenters. The van der Waals surface area contributed by atoms with Gasteiger partial charge in [-0.15, -0.1) is 5.10 Å². The second-order valence-electron chi connectivity index (χ2n) is 5.30. The van der Waals surface area contributed by atoms with E-state index < -0.39 is 0 Å². The number of hydrogen-bond acceptors (Lipinski definition) is 4. The monoisotopic (exact) mass is 335 g/mol. The van der Waals surface area contributed by atoms with Gasteiger partial charge < -0.3 is 5.73 Å². The van der Waals surface area contributed by atoms with E-state index in [2.05, 4.69) is 38.1 Å². The van der Waals surface area contributed by atoms with Crippen LogP contribution in [-0.2, 0) is 6.54 Å². The van der Waals surface area contributed by atoms with Gasteiger partial charge in [-0.2, -0.15) is 0 Å². The molecule has 5 nitrogen and oxygen atoms in total. The molecule has 0 aliphatic carbocycles. The average Bonchev–Trinajstić information content (AvgIpc) is 2.98.